The van der Waals surface area contributed by atoms with Crippen LogP contribution in [-0.2, 0) is 0 Å². The van der Waals surface area contributed by atoms with E-state index in [9.17, 15) is 10.2 Å². The Morgan fingerprint density at radius 2 is 1.14 bits per heavy atom. The van der Waals surface area contributed by atoms with Crippen molar-refractivity contribution in [3.05, 3.63) is 141 Å². The molecule has 4 unspecified atom stereocenters. The molecular formula is C32H34N2O2. The molecule has 184 valence electrons. The number of aromatic amines is 1. The van der Waals surface area contributed by atoms with Crippen LogP contribution in [0, 0.1) is 20.8 Å². The van der Waals surface area contributed by atoms with Gasteiger partial charge in [-0.1, -0.05) is 95.6 Å². The second-order valence-corrected chi connectivity index (χ2v) is 10.0. The Kier molecular flexibility index (Phi) is 6.82. The summed E-state index contributed by atoms with van der Waals surface area (Å²) >= 11 is 0. The topological polar surface area (TPSA) is 68.3 Å². The van der Waals surface area contributed by atoms with E-state index in [1.807, 2.05) is 61.5 Å². The third kappa shape index (κ3) is 5.01. The van der Waals surface area contributed by atoms with E-state index >= 15 is 0 Å². The van der Waals surface area contributed by atoms with Gasteiger partial charge in [0.05, 0.1) is 18.1 Å². The summed E-state index contributed by atoms with van der Waals surface area (Å²) in [5.74, 6) is -0.0558. The first-order valence-electron chi connectivity index (χ1n) is 12.6. The van der Waals surface area contributed by atoms with Gasteiger partial charge in [0, 0.05) is 17.1 Å². The highest BCUT2D eigenvalue weighted by molar-refractivity contribution is 5.42. The summed E-state index contributed by atoms with van der Waals surface area (Å²) in [4.78, 5) is 3.50. The SMILES string of the molecule is Cc1ccc(C(O)c2ccc(C(C3=CCC(C(O)c4ccc(C)cc4)N3)c3ccc(C)cc3)[nH]2)cc1. The zero-order valence-corrected chi connectivity index (χ0v) is 21.1. The molecule has 0 radical (unpaired) electrons. The van der Waals surface area contributed by atoms with Crippen LogP contribution >= 0.6 is 0 Å². The van der Waals surface area contributed by atoms with Crippen LogP contribution in [0.3, 0.4) is 0 Å². The molecule has 36 heavy (non-hydrogen) atoms. The molecule has 1 aliphatic rings. The second-order valence-electron chi connectivity index (χ2n) is 10.0. The molecule has 4 N–H and O–H groups in total. The fourth-order valence-electron chi connectivity index (χ4n) is 4.96. The molecule has 0 bridgehead atoms. The molecule has 4 aromatic rings. The lowest BCUT2D eigenvalue weighted by Gasteiger charge is -2.25. The monoisotopic (exact) mass is 478 g/mol. The molecule has 3 aromatic carbocycles. The van der Waals surface area contributed by atoms with Gasteiger partial charge < -0.3 is 20.5 Å². The van der Waals surface area contributed by atoms with Gasteiger partial charge in [0.15, 0.2) is 0 Å². The maximum atomic E-state index is 11.1. The molecule has 0 aliphatic carbocycles. The normalized spacial score (nSPS) is 17.8. The molecular weight excluding hydrogens is 444 g/mol. The maximum Gasteiger partial charge on any atom is 0.119 e. The lowest BCUT2D eigenvalue weighted by atomic mass is 9.92. The molecule has 4 atom stereocenters. The predicted molar refractivity (Wildman–Crippen MR) is 145 cm³/mol. The Morgan fingerprint density at radius 3 is 1.72 bits per heavy atom. The largest absolute Gasteiger partial charge is 0.386 e. The van der Waals surface area contributed by atoms with Gasteiger partial charge in [-0.05, 0) is 56.0 Å². The van der Waals surface area contributed by atoms with Gasteiger partial charge in [-0.15, -0.1) is 0 Å². The summed E-state index contributed by atoms with van der Waals surface area (Å²) in [6.45, 7) is 6.18. The first-order valence-corrected chi connectivity index (χ1v) is 12.6. The zero-order chi connectivity index (χ0) is 25.2. The quantitative estimate of drug-likeness (QED) is 0.258. The summed E-state index contributed by atoms with van der Waals surface area (Å²) in [5.41, 5.74) is 9.32. The minimum atomic E-state index is -0.723. The maximum absolute atomic E-state index is 11.1. The molecule has 0 spiro atoms. The third-order valence-corrected chi connectivity index (χ3v) is 7.20. The summed E-state index contributed by atoms with van der Waals surface area (Å²) in [5, 5.41) is 25.7. The molecule has 1 aromatic heterocycles. The molecule has 1 aliphatic heterocycles. The average Bonchev–Trinajstić information content (AvgIpc) is 3.56. The summed E-state index contributed by atoms with van der Waals surface area (Å²) in [6.07, 6.45) is 1.62. The summed E-state index contributed by atoms with van der Waals surface area (Å²) < 4.78 is 0. The highest BCUT2D eigenvalue weighted by atomic mass is 16.3. The van der Waals surface area contributed by atoms with E-state index < -0.39 is 12.2 Å². The summed E-state index contributed by atoms with van der Waals surface area (Å²) in [7, 11) is 0. The van der Waals surface area contributed by atoms with Gasteiger partial charge in [-0.25, -0.2) is 0 Å². The predicted octanol–water partition coefficient (Wildman–Crippen LogP) is 6.13. The minimum Gasteiger partial charge on any atom is -0.386 e. The molecule has 5 rings (SSSR count). The van der Waals surface area contributed by atoms with Crippen LogP contribution < -0.4 is 5.32 Å². The van der Waals surface area contributed by atoms with Crippen LogP contribution in [0.4, 0.5) is 0 Å². The van der Waals surface area contributed by atoms with Crippen molar-refractivity contribution in [3.63, 3.8) is 0 Å². The molecule has 4 nitrogen and oxygen atoms in total. The lowest BCUT2D eigenvalue weighted by Crippen LogP contribution is -2.31. The van der Waals surface area contributed by atoms with Gasteiger partial charge in [0.1, 0.15) is 6.10 Å². The Bertz CT molecular complexity index is 1330. The van der Waals surface area contributed by atoms with Crippen molar-refractivity contribution in [2.45, 2.75) is 51.4 Å². The Labute approximate surface area is 213 Å². The molecule has 0 saturated heterocycles. The van der Waals surface area contributed by atoms with Gasteiger partial charge in [-0.3, -0.25) is 0 Å². The van der Waals surface area contributed by atoms with Crippen LogP contribution in [0.15, 0.2) is 96.7 Å². The van der Waals surface area contributed by atoms with E-state index in [2.05, 4.69) is 60.6 Å². The Hall–Kier alpha value is -3.60. The van der Waals surface area contributed by atoms with Crippen LogP contribution in [0.2, 0.25) is 0 Å². The highest BCUT2D eigenvalue weighted by Crippen LogP contribution is 2.36. The van der Waals surface area contributed by atoms with Crippen LogP contribution in [0.1, 0.15) is 69.3 Å². The van der Waals surface area contributed by atoms with Gasteiger partial charge in [0.25, 0.3) is 0 Å². The van der Waals surface area contributed by atoms with Crippen molar-refractivity contribution in [2.24, 2.45) is 0 Å². The number of hydrogen-bond acceptors (Lipinski definition) is 3. The first kappa shape index (κ1) is 24.1. The van der Waals surface area contributed by atoms with Crippen LogP contribution in [0.25, 0.3) is 0 Å². The number of H-pyrrole nitrogens is 1. The number of aliphatic hydroxyl groups excluding tert-OH is 2. The number of rotatable bonds is 7. The second kappa shape index (κ2) is 10.2. The van der Waals surface area contributed by atoms with Crippen molar-refractivity contribution in [1.82, 2.24) is 10.3 Å². The summed E-state index contributed by atoms with van der Waals surface area (Å²) in [6, 6.07) is 28.5. The van der Waals surface area contributed by atoms with Crippen molar-refractivity contribution in [2.75, 3.05) is 0 Å². The molecule has 2 heterocycles. The zero-order valence-electron chi connectivity index (χ0n) is 21.1. The van der Waals surface area contributed by atoms with Crippen molar-refractivity contribution < 1.29 is 10.2 Å². The third-order valence-electron chi connectivity index (χ3n) is 7.20. The van der Waals surface area contributed by atoms with Crippen molar-refractivity contribution in [1.29, 1.82) is 0 Å². The van der Waals surface area contributed by atoms with E-state index in [1.165, 1.54) is 16.7 Å². The van der Waals surface area contributed by atoms with Crippen molar-refractivity contribution in [3.8, 4) is 0 Å². The first-order chi connectivity index (χ1) is 17.4. The van der Waals surface area contributed by atoms with E-state index in [0.29, 0.717) is 0 Å². The average molecular weight is 479 g/mol. The number of allylic oxidation sites excluding steroid dienone is 1. The van der Waals surface area contributed by atoms with E-state index in [-0.39, 0.29) is 12.0 Å². The van der Waals surface area contributed by atoms with Crippen LogP contribution in [0.5, 0.6) is 0 Å². The number of aryl methyl sites for hydroxylation is 3. The van der Waals surface area contributed by atoms with Crippen LogP contribution in [-0.4, -0.2) is 21.2 Å². The number of hydrogen-bond donors (Lipinski definition) is 4. The van der Waals surface area contributed by atoms with Gasteiger partial charge in [0.2, 0.25) is 0 Å². The minimum absolute atomic E-state index is 0.0558. The van der Waals surface area contributed by atoms with E-state index in [0.717, 1.165) is 40.2 Å². The number of aromatic nitrogens is 1. The molecule has 4 heteroatoms. The van der Waals surface area contributed by atoms with Gasteiger partial charge >= 0.3 is 0 Å². The molecule has 0 fully saturated rings. The van der Waals surface area contributed by atoms with Gasteiger partial charge in [-0.2, -0.15) is 0 Å². The van der Waals surface area contributed by atoms with E-state index in [4.69, 9.17) is 0 Å². The Balaban J connectivity index is 1.42. The number of aliphatic hydroxyl groups is 2. The fourth-order valence-corrected chi connectivity index (χ4v) is 4.96. The fraction of sp³-hybridized carbons (Fsp3) is 0.250. The number of nitrogens with one attached hydrogen (secondary N) is 2. The molecule has 0 saturated carbocycles. The smallest absolute Gasteiger partial charge is 0.119 e. The standard InChI is InChI=1S/C32H34N2O2/c1-20-4-10-23(11-5-20)30(26-16-18-28(33-26)31(35)24-12-6-21(2)7-13-24)27-17-19-29(34-27)32(36)25-14-8-22(3)9-15-25/h4-18,29-36H,19H2,1-3H3. The number of benzene rings is 3. The van der Waals surface area contributed by atoms with E-state index in [1.54, 1.807) is 0 Å². The van der Waals surface area contributed by atoms with Crippen molar-refractivity contribution >= 4 is 0 Å². The molecule has 0 amide bonds. The Morgan fingerprint density at radius 1 is 0.639 bits per heavy atom. The highest BCUT2D eigenvalue weighted by Gasteiger charge is 2.31. The lowest BCUT2D eigenvalue weighted by molar-refractivity contribution is 0.138.